The van der Waals surface area contributed by atoms with Crippen LogP contribution in [0.4, 0.5) is 5.13 Å². The lowest BCUT2D eigenvalue weighted by Gasteiger charge is -2.22. The number of aliphatic hydroxyl groups excluding tert-OH is 1. The topological polar surface area (TPSA) is 121 Å². The quantitative estimate of drug-likeness (QED) is 0.272. The van der Waals surface area contributed by atoms with Gasteiger partial charge in [-0.2, -0.15) is 0 Å². The van der Waals surface area contributed by atoms with E-state index < -0.39 is 17.7 Å². The van der Waals surface area contributed by atoms with Crippen molar-refractivity contribution >= 4 is 39.6 Å². The molecule has 1 atom stereocenters. The summed E-state index contributed by atoms with van der Waals surface area (Å²) in [7, 11) is 0. The number of amides is 1. The Kier molecular flexibility index (Phi) is 4.75. The maximum Gasteiger partial charge on any atom is 0.301 e. The molecule has 166 valence electrons. The van der Waals surface area contributed by atoms with Crippen LogP contribution in [0.5, 0.6) is 5.75 Å². The number of aryl methyl sites for hydroxylation is 3. The fourth-order valence-electron chi connectivity index (χ4n) is 4.06. The van der Waals surface area contributed by atoms with Gasteiger partial charge in [0.2, 0.25) is 5.13 Å². The zero-order valence-corrected chi connectivity index (χ0v) is 18.8. The van der Waals surface area contributed by atoms with Crippen LogP contribution in [0, 0.1) is 20.8 Å². The van der Waals surface area contributed by atoms with E-state index in [-0.39, 0.29) is 27.9 Å². The number of anilines is 1. The molecular weight excluding hydrogens is 442 g/mol. The van der Waals surface area contributed by atoms with Crippen LogP contribution in [0.3, 0.4) is 0 Å². The smallest absolute Gasteiger partial charge is 0.301 e. The average Bonchev–Trinajstić information content (AvgIpc) is 3.44. The Morgan fingerprint density at radius 3 is 2.42 bits per heavy atom. The van der Waals surface area contributed by atoms with Crippen LogP contribution in [0.1, 0.15) is 33.6 Å². The van der Waals surface area contributed by atoms with E-state index in [1.54, 1.807) is 26.0 Å². The molecule has 1 unspecified atom stereocenters. The van der Waals surface area contributed by atoms with Crippen molar-refractivity contribution in [3.63, 3.8) is 0 Å². The van der Waals surface area contributed by atoms with E-state index in [4.69, 9.17) is 0 Å². The first-order valence-corrected chi connectivity index (χ1v) is 10.9. The highest BCUT2D eigenvalue weighted by molar-refractivity contribution is 7.15. The van der Waals surface area contributed by atoms with Gasteiger partial charge in [0.15, 0.2) is 5.76 Å². The van der Waals surface area contributed by atoms with Gasteiger partial charge >= 0.3 is 5.91 Å². The summed E-state index contributed by atoms with van der Waals surface area (Å²) in [4.78, 5) is 32.1. The van der Waals surface area contributed by atoms with Crippen LogP contribution < -0.4 is 4.90 Å². The normalized spacial score (nSPS) is 17.9. The minimum Gasteiger partial charge on any atom is -0.508 e. The van der Waals surface area contributed by atoms with E-state index in [1.165, 1.54) is 28.4 Å². The van der Waals surface area contributed by atoms with E-state index >= 15 is 0 Å². The molecule has 4 aromatic rings. The van der Waals surface area contributed by atoms with Gasteiger partial charge in [0.25, 0.3) is 5.78 Å². The summed E-state index contributed by atoms with van der Waals surface area (Å²) in [6, 6.07) is 8.93. The van der Waals surface area contributed by atoms with Crippen molar-refractivity contribution in [2.45, 2.75) is 26.8 Å². The Morgan fingerprint density at radius 2 is 1.79 bits per heavy atom. The molecule has 4 heterocycles. The van der Waals surface area contributed by atoms with Crippen LogP contribution in [0.25, 0.3) is 11.4 Å². The molecule has 10 heteroatoms. The highest BCUT2D eigenvalue weighted by Gasteiger charge is 2.48. The molecule has 0 spiro atoms. The molecule has 5 rings (SSSR count). The van der Waals surface area contributed by atoms with E-state index in [2.05, 4.69) is 15.2 Å². The Hall–Kier alpha value is -4.05. The average molecular weight is 462 g/mol. The van der Waals surface area contributed by atoms with Crippen LogP contribution >= 0.6 is 11.3 Å². The van der Waals surface area contributed by atoms with Crippen LogP contribution in [-0.4, -0.2) is 41.5 Å². The lowest BCUT2D eigenvalue weighted by atomic mass is 9.96. The molecule has 1 saturated heterocycles. The summed E-state index contributed by atoms with van der Waals surface area (Å²) >= 11 is 1.17. The van der Waals surface area contributed by atoms with E-state index in [0.29, 0.717) is 21.9 Å². The number of benzene rings is 1. The second kappa shape index (κ2) is 7.52. The molecule has 0 saturated carbocycles. The highest BCUT2D eigenvalue weighted by Crippen LogP contribution is 2.43. The van der Waals surface area contributed by atoms with Gasteiger partial charge in [-0.15, -0.1) is 10.2 Å². The Morgan fingerprint density at radius 1 is 1.06 bits per heavy atom. The lowest BCUT2D eigenvalue weighted by Crippen LogP contribution is -2.29. The molecular formula is C23H19N5O4S. The molecule has 2 N–H and O–H groups in total. The standard InChI is InChI=1S/C23H19N5O4S/c1-11-5-4-10-27-12(2)17(24-21(11)27)19(30)16-18(14-6-8-15(29)9-7-14)28(22(32)20(16)31)23-26-25-13(3)33-23/h4-10,18,29-30H,1-3H3. The number of nitrogens with zero attached hydrogens (tertiary/aromatic N) is 5. The number of hydrogen-bond acceptors (Lipinski definition) is 8. The van der Waals surface area contributed by atoms with E-state index in [9.17, 15) is 19.8 Å². The summed E-state index contributed by atoms with van der Waals surface area (Å²) in [5.74, 6) is -1.99. The molecule has 0 bridgehead atoms. The fraction of sp³-hybridized carbons (Fsp3) is 0.174. The third-order valence-corrected chi connectivity index (χ3v) is 6.52. The van der Waals surface area contributed by atoms with Crippen molar-refractivity contribution in [3.8, 4) is 5.75 Å². The number of ketones is 1. The Balaban J connectivity index is 1.77. The molecule has 1 amide bonds. The number of imidazole rings is 1. The lowest BCUT2D eigenvalue weighted by molar-refractivity contribution is -0.132. The van der Waals surface area contributed by atoms with Crippen molar-refractivity contribution < 1.29 is 19.8 Å². The second-order valence-corrected chi connectivity index (χ2v) is 8.96. The number of aliphatic hydroxyl groups is 1. The summed E-state index contributed by atoms with van der Waals surface area (Å²) < 4.78 is 1.82. The van der Waals surface area contributed by atoms with Gasteiger partial charge in [0, 0.05) is 6.20 Å². The molecule has 3 aromatic heterocycles. The van der Waals surface area contributed by atoms with Gasteiger partial charge in [-0.1, -0.05) is 29.5 Å². The number of phenolic OH excluding ortho intramolecular Hbond substituents is 1. The largest absolute Gasteiger partial charge is 0.508 e. The number of Topliss-reactive ketones (excluding diaryl/α,β-unsaturated/α-hetero) is 1. The van der Waals surface area contributed by atoms with E-state index in [0.717, 1.165) is 5.56 Å². The predicted molar refractivity (Wildman–Crippen MR) is 122 cm³/mol. The monoisotopic (exact) mass is 461 g/mol. The van der Waals surface area contributed by atoms with Crippen LogP contribution in [0.15, 0.2) is 48.2 Å². The first kappa shape index (κ1) is 20.8. The maximum atomic E-state index is 13.2. The zero-order chi connectivity index (χ0) is 23.4. The van der Waals surface area contributed by atoms with Crippen molar-refractivity contribution in [2.75, 3.05) is 4.90 Å². The third-order valence-electron chi connectivity index (χ3n) is 5.68. The van der Waals surface area contributed by atoms with Gasteiger partial charge in [-0.25, -0.2) is 4.98 Å². The molecule has 33 heavy (non-hydrogen) atoms. The van der Waals surface area contributed by atoms with Gasteiger partial charge in [0.05, 0.1) is 17.3 Å². The first-order valence-electron chi connectivity index (χ1n) is 10.1. The van der Waals surface area contributed by atoms with Gasteiger partial charge in [0.1, 0.15) is 22.1 Å². The maximum absolute atomic E-state index is 13.2. The molecule has 1 fully saturated rings. The van der Waals surface area contributed by atoms with Gasteiger partial charge < -0.3 is 14.6 Å². The van der Waals surface area contributed by atoms with Crippen molar-refractivity contribution in [1.29, 1.82) is 0 Å². The van der Waals surface area contributed by atoms with Crippen molar-refractivity contribution in [2.24, 2.45) is 0 Å². The number of fused-ring (bicyclic) bond motifs is 1. The summed E-state index contributed by atoms with van der Waals surface area (Å²) in [6.45, 7) is 5.43. The summed E-state index contributed by atoms with van der Waals surface area (Å²) in [5, 5.41) is 30.0. The predicted octanol–water partition coefficient (Wildman–Crippen LogP) is 3.44. The Bertz CT molecular complexity index is 1470. The van der Waals surface area contributed by atoms with Crippen molar-refractivity contribution in [1.82, 2.24) is 19.6 Å². The first-order chi connectivity index (χ1) is 15.8. The SMILES string of the molecule is Cc1nnc(N2C(=O)C(=O)C(=C(O)c3nc4c(C)cccn4c3C)C2c2ccc(O)cc2)s1. The minimum absolute atomic E-state index is 0.0362. The second-order valence-electron chi connectivity index (χ2n) is 7.79. The number of pyridine rings is 1. The van der Waals surface area contributed by atoms with Crippen LogP contribution in [0.2, 0.25) is 0 Å². The summed E-state index contributed by atoms with van der Waals surface area (Å²) in [6.07, 6.45) is 1.82. The number of aromatic hydroxyl groups is 1. The number of phenols is 1. The van der Waals surface area contributed by atoms with Gasteiger partial charge in [-0.05, 0) is 50.1 Å². The molecule has 1 aliphatic heterocycles. The number of hydrogen-bond donors (Lipinski definition) is 2. The number of carbonyl (C=O) groups is 2. The van der Waals surface area contributed by atoms with Crippen LogP contribution in [-0.2, 0) is 9.59 Å². The van der Waals surface area contributed by atoms with E-state index in [1.807, 2.05) is 29.7 Å². The fourth-order valence-corrected chi connectivity index (χ4v) is 4.77. The Labute approximate surface area is 192 Å². The summed E-state index contributed by atoms with van der Waals surface area (Å²) in [5.41, 5.74) is 2.83. The number of carbonyl (C=O) groups excluding carboxylic acids is 2. The van der Waals surface area contributed by atoms with Gasteiger partial charge in [-0.3, -0.25) is 14.5 Å². The zero-order valence-electron chi connectivity index (χ0n) is 18.0. The molecule has 0 aliphatic carbocycles. The molecule has 9 nitrogen and oxygen atoms in total. The molecule has 0 radical (unpaired) electrons. The third kappa shape index (κ3) is 3.18. The number of rotatable bonds is 3. The molecule has 1 aliphatic rings. The highest BCUT2D eigenvalue weighted by atomic mass is 32.1. The van der Waals surface area contributed by atoms with Crippen molar-refractivity contribution in [3.05, 3.63) is 75.7 Å². The number of aromatic nitrogens is 4. The minimum atomic E-state index is -0.955. The molecule has 1 aromatic carbocycles.